The van der Waals surface area contributed by atoms with Crippen molar-refractivity contribution in [2.45, 2.75) is 44.8 Å². The Balaban J connectivity index is 2.15. The van der Waals surface area contributed by atoms with Crippen molar-refractivity contribution < 1.29 is 13.9 Å². The average Bonchev–Trinajstić information content (AvgIpc) is 2.88. The molecule has 1 rings (SSSR count). The fourth-order valence-electron chi connectivity index (χ4n) is 1.50. The molecule has 78 valence electrons. The molecule has 1 saturated carbocycles. The van der Waals surface area contributed by atoms with Crippen LogP contribution < -0.4 is 5.32 Å². The lowest BCUT2D eigenvalue weighted by molar-refractivity contribution is -0.00500. The van der Waals surface area contributed by atoms with Crippen LogP contribution in [0.15, 0.2) is 0 Å². The molecule has 13 heavy (non-hydrogen) atoms. The van der Waals surface area contributed by atoms with E-state index in [0.717, 1.165) is 6.42 Å². The molecule has 0 aromatic heterocycles. The topological polar surface area (TPSA) is 32.3 Å². The minimum Gasteiger partial charge on any atom is -0.386 e. The van der Waals surface area contributed by atoms with E-state index in [0.29, 0.717) is 12.0 Å². The van der Waals surface area contributed by atoms with Crippen LogP contribution in [0, 0.1) is 5.92 Å². The lowest BCUT2D eigenvalue weighted by Crippen LogP contribution is -2.39. The lowest BCUT2D eigenvalue weighted by Gasteiger charge is -2.18. The molecule has 2 atom stereocenters. The van der Waals surface area contributed by atoms with Crippen LogP contribution in [0.2, 0.25) is 0 Å². The molecule has 1 aliphatic rings. The summed E-state index contributed by atoms with van der Waals surface area (Å²) in [5.41, 5.74) is 0. The highest BCUT2D eigenvalue weighted by atomic mass is 19.3. The Morgan fingerprint density at radius 3 is 2.46 bits per heavy atom. The van der Waals surface area contributed by atoms with Crippen molar-refractivity contribution in [1.82, 2.24) is 5.32 Å². The highest BCUT2D eigenvalue weighted by Gasteiger charge is 2.30. The Kier molecular flexibility index (Phi) is 4.06. The first kappa shape index (κ1) is 10.9. The molecule has 0 bridgehead atoms. The van der Waals surface area contributed by atoms with Crippen molar-refractivity contribution in [1.29, 1.82) is 0 Å². The van der Waals surface area contributed by atoms with Gasteiger partial charge >= 0.3 is 0 Å². The predicted molar refractivity (Wildman–Crippen MR) is 46.8 cm³/mol. The van der Waals surface area contributed by atoms with Crippen LogP contribution in [0.4, 0.5) is 8.78 Å². The largest absolute Gasteiger partial charge is 0.386 e. The molecule has 1 aliphatic carbocycles. The van der Waals surface area contributed by atoms with E-state index in [1.165, 1.54) is 12.8 Å². The van der Waals surface area contributed by atoms with Gasteiger partial charge in [0.1, 0.15) is 6.10 Å². The first-order valence-electron chi connectivity index (χ1n) is 4.84. The van der Waals surface area contributed by atoms with Gasteiger partial charge in [-0.25, -0.2) is 8.78 Å². The highest BCUT2D eigenvalue weighted by molar-refractivity contribution is 4.86. The Hall–Kier alpha value is -0.220. The van der Waals surface area contributed by atoms with Gasteiger partial charge in [-0.15, -0.1) is 0 Å². The van der Waals surface area contributed by atoms with Crippen molar-refractivity contribution in [3.63, 3.8) is 0 Å². The number of aliphatic hydroxyl groups excluding tert-OH is 1. The Morgan fingerprint density at radius 1 is 1.46 bits per heavy atom. The minimum atomic E-state index is -2.63. The molecule has 0 heterocycles. The molecular formula is C9H17F2NO. The maximum absolute atomic E-state index is 11.9. The van der Waals surface area contributed by atoms with Gasteiger partial charge in [-0.1, -0.05) is 6.92 Å². The third kappa shape index (κ3) is 3.56. The van der Waals surface area contributed by atoms with E-state index in [-0.39, 0.29) is 6.54 Å². The summed E-state index contributed by atoms with van der Waals surface area (Å²) in [6.45, 7) is 2.04. The first-order chi connectivity index (χ1) is 6.15. The summed E-state index contributed by atoms with van der Waals surface area (Å²) in [7, 11) is 0. The molecule has 4 heteroatoms. The van der Waals surface area contributed by atoms with E-state index in [1.54, 1.807) is 0 Å². The van der Waals surface area contributed by atoms with E-state index in [9.17, 15) is 8.78 Å². The molecule has 0 saturated heterocycles. The summed E-state index contributed by atoms with van der Waals surface area (Å²) in [5.74, 6) is 0.648. The van der Waals surface area contributed by atoms with E-state index in [4.69, 9.17) is 5.11 Å². The maximum Gasteiger partial charge on any atom is 0.265 e. The molecule has 0 amide bonds. The summed E-state index contributed by atoms with van der Waals surface area (Å²) in [4.78, 5) is 0. The van der Waals surface area contributed by atoms with Gasteiger partial charge in [-0.3, -0.25) is 0 Å². The predicted octanol–water partition coefficient (Wildman–Crippen LogP) is 1.39. The van der Waals surface area contributed by atoms with Crippen molar-refractivity contribution in [3.8, 4) is 0 Å². The Bertz CT molecular complexity index is 151. The van der Waals surface area contributed by atoms with Crippen LogP contribution in [0.25, 0.3) is 0 Å². The second-order valence-electron chi connectivity index (χ2n) is 3.66. The molecule has 0 aliphatic heterocycles. The van der Waals surface area contributed by atoms with Crippen molar-refractivity contribution in [2.24, 2.45) is 5.92 Å². The zero-order valence-electron chi connectivity index (χ0n) is 7.84. The summed E-state index contributed by atoms with van der Waals surface area (Å²) in [6, 6.07) is 0.313. The van der Waals surface area contributed by atoms with Gasteiger partial charge < -0.3 is 10.4 Å². The molecule has 1 fully saturated rings. The molecule has 2 N–H and O–H groups in total. The average molecular weight is 193 g/mol. The van der Waals surface area contributed by atoms with Gasteiger partial charge in [0, 0.05) is 12.6 Å². The molecule has 0 spiro atoms. The SMILES string of the molecule is CCC(NCC(O)C(F)F)C1CC1. The highest BCUT2D eigenvalue weighted by Crippen LogP contribution is 2.33. The second kappa shape index (κ2) is 4.86. The Morgan fingerprint density at radius 2 is 2.08 bits per heavy atom. The van der Waals surface area contributed by atoms with Gasteiger partial charge in [0.2, 0.25) is 0 Å². The smallest absolute Gasteiger partial charge is 0.265 e. The zero-order valence-corrected chi connectivity index (χ0v) is 7.84. The summed E-state index contributed by atoms with van der Waals surface area (Å²) in [6.07, 6.45) is -0.829. The van der Waals surface area contributed by atoms with Crippen LogP contribution >= 0.6 is 0 Å². The quantitative estimate of drug-likeness (QED) is 0.668. The number of halogens is 2. The number of hydrogen-bond donors (Lipinski definition) is 2. The van der Waals surface area contributed by atoms with Crippen molar-refractivity contribution in [2.75, 3.05) is 6.54 Å². The molecule has 2 unspecified atom stereocenters. The van der Waals surface area contributed by atoms with Gasteiger partial charge in [0.25, 0.3) is 6.43 Å². The monoisotopic (exact) mass is 193 g/mol. The third-order valence-corrected chi connectivity index (χ3v) is 2.51. The standard InChI is InChI=1S/C9H17F2NO/c1-2-7(6-3-4-6)12-5-8(13)9(10)11/h6-9,12-13H,2-5H2,1H3. The number of rotatable bonds is 6. The van der Waals surface area contributed by atoms with Crippen LogP contribution in [0.1, 0.15) is 26.2 Å². The first-order valence-corrected chi connectivity index (χ1v) is 4.84. The number of nitrogens with one attached hydrogen (secondary N) is 1. The number of alkyl halides is 2. The second-order valence-corrected chi connectivity index (χ2v) is 3.66. The maximum atomic E-state index is 11.9. The van der Waals surface area contributed by atoms with Crippen molar-refractivity contribution in [3.05, 3.63) is 0 Å². The molecule has 0 aromatic carbocycles. The van der Waals surface area contributed by atoms with Gasteiger partial charge in [-0.2, -0.15) is 0 Å². The van der Waals surface area contributed by atoms with E-state index in [1.807, 2.05) is 6.92 Å². The third-order valence-electron chi connectivity index (χ3n) is 2.51. The fourth-order valence-corrected chi connectivity index (χ4v) is 1.50. The van der Waals surface area contributed by atoms with Crippen LogP contribution in [-0.2, 0) is 0 Å². The van der Waals surface area contributed by atoms with E-state index < -0.39 is 12.5 Å². The van der Waals surface area contributed by atoms with Crippen LogP contribution in [0.3, 0.4) is 0 Å². The van der Waals surface area contributed by atoms with Crippen molar-refractivity contribution >= 4 is 0 Å². The van der Waals surface area contributed by atoms with E-state index >= 15 is 0 Å². The zero-order chi connectivity index (χ0) is 9.84. The number of aliphatic hydroxyl groups is 1. The molecule has 2 nitrogen and oxygen atoms in total. The van der Waals surface area contributed by atoms with Gasteiger partial charge in [-0.05, 0) is 25.2 Å². The lowest BCUT2D eigenvalue weighted by atomic mass is 10.1. The van der Waals surface area contributed by atoms with Gasteiger partial charge in [0.15, 0.2) is 0 Å². The number of hydrogen-bond acceptors (Lipinski definition) is 2. The van der Waals surface area contributed by atoms with Crippen LogP contribution in [0.5, 0.6) is 0 Å². The van der Waals surface area contributed by atoms with Crippen LogP contribution in [-0.4, -0.2) is 30.2 Å². The fraction of sp³-hybridized carbons (Fsp3) is 1.00. The molecular weight excluding hydrogens is 176 g/mol. The van der Waals surface area contributed by atoms with E-state index in [2.05, 4.69) is 5.32 Å². The molecule has 0 aromatic rings. The summed E-state index contributed by atoms with van der Waals surface area (Å²) < 4.78 is 23.8. The summed E-state index contributed by atoms with van der Waals surface area (Å²) >= 11 is 0. The normalized spacial score (nSPS) is 21.9. The van der Waals surface area contributed by atoms with Gasteiger partial charge in [0.05, 0.1) is 0 Å². The molecule has 0 radical (unpaired) electrons. The minimum absolute atomic E-state index is 0.00662. The summed E-state index contributed by atoms with van der Waals surface area (Å²) in [5, 5.41) is 11.8. The Labute approximate surface area is 77.3 Å².